The third-order valence-corrected chi connectivity index (χ3v) is 5.44. The monoisotopic (exact) mass is 359 g/mol. The van der Waals surface area contributed by atoms with Crippen LogP contribution >= 0.6 is 0 Å². The van der Waals surface area contributed by atoms with Gasteiger partial charge in [-0.25, -0.2) is 8.42 Å². The SMILES string of the molecule is CC[C@@H](NC(=O)Cc1cc(C)ccc1C)c1ccc(S(C)(=O)=O)cc1. The highest BCUT2D eigenvalue weighted by molar-refractivity contribution is 7.90. The number of hydrogen-bond donors (Lipinski definition) is 1. The van der Waals surface area contributed by atoms with E-state index < -0.39 is 9.84 Å². The van der Waals surface area contributed by atoms with Gasteiger partial charge in [-0.2, -0.15) is 0 Å². The van der Waals surface area contributed by atoms with E-state index >= 15 is 0 Å². The topological polar surface area (TPSA) is 63.2 Å². The zero-order chi connectivity index (χ0) is 18.6. The number of amides is 1. The molecule has 0 saturated heterocycles. The minimum Gasteiger partial charge on any atom is -0.349 e. The van der Waals surface area contributed by atoms with Gasteiger partial charge in [-0.3, -0.25) is 4.79 Å². The van der Waals surface area contributed by atoms with E-state index in [1.54, 1.807) is 24.3 Å². The molecule has 0 radical (unpaired) electrons. The first-order chi connectivity index (χ1) is 11.7. The zero-order valence-electron chi connectivity index (χ0n) is 15.2. The van der Waals surface area contributed by atoms with Crippen LogP contribution in [-0.4, -0.2) is 20.6 Å². The second-order valence-electron chi connectivity index (χ2n) is 6.48. The van der Waals surface area contributed by atoms with Gasteiger partial charge in [0.1, 0.15) is 0 Å². The Bertz CT molecular complexity index is 855. The van der Waals surface area contributed by atoms with Gasteiger partial charge in [0.25, 0.3) is 0 Å². The number of carbonyl (C=O) groups excluding carboxylic acids is 1. The van der Waals surface area contributed by atoms with Gasteiger partial charge < -0.3 is 5.32 Å². The molecule has 0 unspecified atom stereocenters. The molecule has 0 aliphatic carbocycles. The molecule has 1 atom stereocenters. The number of sulfone groups is 1. The molecule has 0 bridgehead atoms. The summed E-state index contributed by atoms with van der Waals surface area (Å²) in [6, 6.07) is 12.7. The maximum atomic E-state index is 12.4. The largest absolute Gasteiger partial charge is 0.349 e. The normalized spacial score (nSPS) is 12.6. The molecule has 2 rings (SSSR count). The van der Waals surface area contributed by atoms with E-state index in [9.17, 15) is 13.2 Å². The van der Waals surface area contributed by atoms with Crippen LogP contribution in [0.15, 0.2) is 47.4 Å². The maximum Gasteiger partial charge on any atom is 0.224 e. The van der Waals surface area contributed by atoms with Crippen molar-refractivity contribution in [3.05, 3.63) is 64.7 Å². The Morgan fingerprint density at radius 3 is 2.28 bits per heavy atom. The molecule has 0 spiro atoms. The molecule has 5 heteroatoms. The minimum atomic E-state index is -3.21. The first-order valence-corrected chi connectivity index (χ1v) is 10.3. The van der Waals surface area contributed by atoms with Crippen molar-refractivity contribution in [3.8, 4) is 0 Å². The molecule has 0 aromatic heterocycles. The van der Waals surface area contributed by atoms with Crippen molar-refractivity contribution < 1.29 is 13.2 Å². The fraction of sp³-hybridized carbons (Fsp3) is 0.350. The Balaban J connectivity index is 2.11. The Labute approximate surface area is 150 Å². The molecular formula is C20H25NO3S. The van der Waals surface area contributed by atoms with E-state index in [2.05, 4.69) is 5.32 Å². The lowest BCUT2D eigenvalue weighted by atomic mass is 10.0. The second-order valence-corrected chi connectivity index (χ2v) is 8.49. The zero-order valence-corrected chi connectivity index (χ0v) is 16.0. The van der Waals surface area contributed by atoms with Crippen molar-refractivity contribution in [2.75, 3.05) is 6.26 Å². The molecule has 134 valence electrons. The molecule has 0 fully saturated rings. The van der Waals surface area contributed by atoms with E-state index in [0.717, 1.165) is 28.7 Å². The molecule has 2 aromatic rings. The third kappa shape index (κ3) is 5.16. The fourth-order valence-corrected chi connectivity index (χ4v) is 3.41. The minimum absolute atomic E-state index is 0.0345. The standard InChI is InChI=1S/C20H25NO3S/c1-5-19(16-8-10-18(11-9-16)25(4,23)24)21-20(22)13-17-12-14(2)6-7-15(17)3/h6-12,19H,5,13H2,1-4H3,(H,21,22)/t19-/m1/s1. The van der Waals surface area contributed by atoms with Crippen LogP contribution in [0.25, 0.3) is 0 Å². The number of nitrogens with one attached hydrogen (secondary N) is 1. The fourth-order valence-electron chi connectivity index (χ4n) is 2.78. The molecule has 1 amide bonds. The van der Waals surface area contributed by atoms with Crippen LogP contribution in [0.3, 0.4) is 0 Å². The van der Waals surface area contributed by atoms with E-state index in [1.807, 2.05) is 39.0 Å². The van der Waals surface area contributed by atoms with Gasteiger partial charge in [-0.05, 0) is 49.1 Å². The second kappa shape index (κ2) is 7.83. The summed E-state index contributed by atoms with van der Waals surface area (Å²) in [5, 5.41) is 3.05. The van der Waals surface area contributed by atoms with Crippen molar-refractivity contribution in [2.24, 2.45) is 0 Å². The number of hydrogen-bond acceptors (Lipinski definition) is 3. The van der Waals surface area contributed by atoms with Crippen LogP contribution in [-0.2, 0) is 21.1 Å². The number of rotatable bonds is 6. The molecule has 4 nitrogen and oxygen atoms in total. The van der Waals surface area contributed by atoms with Crippen LogP contribution in [0.1, 0.15) is 41.6 Å². The Morgan fingerprint density at radius 2 is 1.72 bits per heavy atom. The number of benzene rings is 2. The first-order valence-electron chi connectivity index (χ1n) is 8.36. The van der Waals surface area contributed by atoms with Crippen LogP contribution < -0.4 is 5.32 Å². The summed E-state index contributed by atoms with van der Waals surface area (Å²) in [7, 11) is -3.21. The van der Waals surface area contributed by atoms with Gasteiger partial charge in [-0.15, -0.1) is 0 Å². The van der Waals surface area contributed by atoms with Crippen molar-refractivity contribution >= 4 is 15.7 Å². The Hall–Kier alpha value is -2.14. The van der Waals surface area contributed by atoms with Gasteiger partial charge in [0.2, 0.25) is 5.91 Å². The van der Waals surface area contributed by atoms with Crippen LogP contribution in [0.2, 0.25) is 0 Å². The summed E-state index contributed by atoms with van der Waals surface area (Å²) in [6.45, 7) is 6.01. The summed E-state index contributed by atoms with van der Waals surface area (Å²) in [6.07, 6.45) is 2.26. The molecule has 0 saturated carbocycles. The van der Waals surface area contributed by atoms with E-state index in [0.29, 0.717) is 6.42 Å². The van der Waals surface area contributed by atoms with Gasteiger partial charge in [-0.1, -0.05) is 42.8 Å². The van der Waals surface area contributed by atoms with Crippen LogP contribution in [0.4, 0.5) is 0 Å². The average Bonchev–Trinajstić information content (AvgIpc) is 2.55. The predicted molar refractivity (Wildman–Crippen MR) is 100 cm³/mol. The van der Waals surface area contributed by atoms with Gasteiger partial charge in [0.05, 0.1) is 17.4 Å². The highest BCUT2D eigenvalue weighted by Crippen LogP contribution is 2.20. The Morgan fingerprint density at radius 1 is 1.08 bits per heavy atom. The maximum absolute atomic E-state index is 12.4. The molecule has 1 N–H and O–H groups in total. The summed E-state index contributed by atoms with van der Waals surface area (Å²) < 4.78 is 23.1. The highest BCUT2D eigenvalue weighted by atomic mass is 32.2. The quantitative estimate of drug-likeness (QED) is 0.858. The van der Waals surface area contributed by atoms with E-state index in [1.165, 1.54) is 6.26 Å². The number of aryl methyl sites for hydroxylation is 2. The summed E-state index contributed by atoms with van der Waals surface area (Å²) in [5.74, 6) is -0.0345. The van der Waals surface area contributed by atoms with Crippen LogP contribution in [0.5, 0.6) is 0 Å². The lowest BCUT2D eigenvalue weighted by Gasteiger charge is -2.18. The molecule has 25 heavy (non-hydrogen) atoms. The molecule has 0 heterocycles. The van der Waals surface area contributed by atoms with E-state index in [-0.39, 0.29) is 16.8 Å². The van der Waals surface area contributed by atoms with Crippen LogP contribution in [0, 0.1) is 13.8 Å². The van der Waals surface area contributed by atoms with E-state index in [4.69, 9.17) is 0 Å². The summed E-state index contributed by atoms with van der Waals surface area (Å²) in [4.78, 5) is 12.7. The smallest absolute Gasteiger partial charge is 0.224 e. The first kappa shape index (κ1) is 19.2. The predicted octanol–water partition coefficient (Wildman–Crippen LogP) is 3.52. The van der Waals surface area contributed by atoms with Gasteiger partial charge in [0, 0.05) is 6.26 Å². The molecule has 0 aliphatic heterocycles. The summed E-state index contributed by atoms with van der Waals surface area (Å²) >= 11 is 0. The average molecular weight is 359 g/mol. The number of carbonyl (C=O) groups is 1. The lowest BCUT2D eigenvalue weighted by Crippen LogP contribution is -2.29. The lowest BCUT2D eigenvalue weighted by molar-refractivity contribution is -0.121. The van der Waals surface area contributed by atoms with Crippen molar-refractivity contribution in [3.63, 3.8) is 0 Å². The van der Waals surface area contributed by atoms with Crippen molar-refractivity contribution in [1.82, 2.24) is 5.32 Å². The Kier molecular flexibility index (Phi) is 6.01. The molecule has 0 aliphatic rings. The van der Waals surface area contributed by atoms with Gasteiger partial charge >= 0.3 is 0 Å². The van der Waals surface area contributed by atoms with Gasteiger partial charge in [0.15, 0.2) is 9.84 Å². The third-order valence-electron chi connectivity index (χ3n) is 4.31. The van der Waals surface area contributed by atoms with Crippen molar-refractivity contribution in [2.45, 2.75) is 44.6 Å². The van der Waals surface area contributed by atoms with Crippen molar-refractivity contribution in [1.29, 1.82) is 0 Å². The summed E-state index contributed by atoms with van der Waals surface area (Å²) in [5.41, 5.74) is 4.17. The highest BCUT2D eigenvalue weighted by Gasteiger charge is 2.15. The molecule has 2 aromatic carbocycles. The molecular weight excluding hydrogens is 334 g/mol.